The molecule has 32 heavy (non-hydrogen) atoms. The van der Waals surface area contributed by atoms with E-state index >= 15 is 0 Å². The van der Waals surface area contributed by atoms with E-state index in [0.717, 1.165) is 38.5 Å². The Balaban J connectivity index is 3.67. The van der Waals surface area contributed by atoms with E-state index in [1.807, 2.05) is 21.1 Å². The Morgan fingerprint density at radius 3 is 1.34 bits per heavy atom. The average Bonchev–Trinajstić information content (AvgIpc) is 2.73. The Labute approximate surface area is 202 Å². The van der Waals surface area contributed by atoms with Crippen LogP contribution in [-0.4, -0.2) is 30.9 Å². The molecule has 0 aliphatic rings. The lowest BCUT2D eigenvalue weighted by Gasteiger charge is -2.41. The maximum absolute atomic E-state index is 12.1. The molecule has 0 radical (unpaired) electrons. The molecular formula is C28H57NO2P+. The third-order valence-corrected chi connectivity index (χ3v) is 8.80. The van der Waals surface area contributed by atoms with Gasteiger partial charge in [0.25, 0.3) is 0 Å². The number of hydrogen-bond donors (Lipinski definition) is 0. The Morgan fingerprint density at radius 1 is 0.562 bits per heavy atom. The van der Waals surface area contributed by atoms with Crippen LogP contribution in [0.5, 0.6) is 0 Å². The number of quaternary nitrogens is 1. The van der Waals surface area contributed by atoms with Gasteiger partial charge in [-0.15, -0.1) is 0 Å². The van der Waals surface area contributed by atoms with Crippen molar-refractivity contribution in [2.75, 3.05) is 21.1 Å². The zero-order chi connectivity index (χ0) is 24.1. The van der Waals surface area contributed by atoms with Gasteiger partial charge in [0, 0.05) is 12.8 Å². The summed E-state index contributed by atoms with van der Waals surface area (Å²) >= 11 is 0. The largest absolute Gasteiger partial charge is 0.378 e. The summed E-state index contributed by atoms with van der Waals surface area (Å²) in [5.41, 5.74) is 0. The number of rotatable bonds is 23. The van der Waals surface area contributed by atoms with Crippen LogP contribution in [0, 0.1) is 0 Å². The van der Waals surface area contributed by atoms with Crippen LogP contribution in [0.1, 0.15) is 142 Å². The lowest BCUT2D eigenvalue weighted by Crippen LogP contribution is -2.53. The SMILES string of the molecule is CCCCCCCCCCCCCCC=CCCCCCC(CCC)(P(=O)=O)[N+](C)(C)C. The molecule has 0 aliphatic carbocycles. The Morgan fingerprint density at radius 2 is 0.969 bits per heavy atom. The predicted octanol–water partition coefficient (Wildman–Crippen LogP) is 9.96. The van der Waals surface area contributed by atoms with Gasteiger partial charge in [0.05, 0.1) is 21.1 Å². The van der Waals surface area contributed by atoms with Gasteiger partial charge in [-0.1, -0.05) is 103 Å². The van der Waals surface area contributed by atoms with Gasteiger partial charge in [0.1, 0.15) is 0 Å². The zero-order valence-corrected chi connectivity index (χ0v) is 23.4. The third-order valence-electron chi connectivity index (χ3n) is 7.08. The van der Waals surface area contributed by atoms with Crippen molar-refractivity contribution in [1.29, 1.82) is 0 Å². The van der Waals surface area contributed by atoms with Gasteiger partial charge in [0.2, 0.25) is 5.28 Å². The molecule has 0 rings (SSSR count). The van der Waals surface area contributed by atoms with Gasteiger partial charge in [-0.25, -0.2) is 9.13 Å². The van der Waals surface area contributed by atoms with E-state index in [1.165, 1.54) is 89.9 Å². The highest BCUT2D eigenvalue weighted by molar-refractivity contribution is 7.32. The van der Waals surface area contributed by atoms with Crippen LogP contribution in [0.4, 0.5) is 0 Å². The molecule has 4 heteroatoms. The molecule has 0 heterocycles. The van der Waals surface area contributed by atoms with Crippen molar-refractivity contribution in [3.8, 4) is 0 Å². The standard InChI is InChI=1S/C28H57NO2P/c1-6-8-9-10-11-12-13-14-15-16-17-18-19-20-21-22-23-24-25-27-28(26-7-2,32(30)31)29(3,4)5/h20-21H,6-19,22-27H2,1-5H3/q+1. The van der Waals surface area contributed by atoms with Crippen LogP contribution in [0.2, 0.25) is 0 Å². The van der Waals surface area contributed by atoms with Gasteiger partial charge in [-0.2, -0.15) is 0 Å². The van der Waals surface area contributed by atoms with Gasteiger partial charge in [-0.3, -0.25) is 0 Å². The minimum Gasteiger partial charge on any atom is -0.314 e. The van der Waals surface area contributed by atoms with Crippen molar-refractivity contribution in [3.63, 3.8) is 0 Å². The number of nitrogens with zero attached hydrogens (tertiary/aromatic N) is 1. The van der Waals surface area contributed by atoms with Crippen molar-refractivity contribution in [1.82, 2.24) is 0 Å². The summed E-state index contributed by atoms with van der Waals surface area (Å²) in [6.07, 6.45) is 29.7. The minimum absolute atomic E-state index is 0.512. The van der Waals surface area contributed by atoms with Gasteiger partial charge in [-0.05, 0) is 38.5 Å². The normalized spacial score (nSPS) is 14.2. The molecule has 0 saturated carbocycles. The molecule has 0 spiro atoms. The summed E-state index contributed by atoms with van der Waals surface area (Å²) in [6, 6.07) is 0. The molecule has 0 fully saturated rings. The Bertz CT molecular complexity index is 514. The number of hydrogen-bond acceptors (Lipinski definition) is 2. The van der Waals surface area contributed by atoms with E-state index in [9.17, 15) is 9.13 Å². The lowest BCUT2D eigenvalue weighted by atomic mass is 9.99. The van der Waals surface area contributed by atoms with Crippen molar-refractivity contribution >= 4 is 7.68 Å². The second kappa shape index (κ2) is 20.0. The molecule has 1 unspecified atom stereocenters. The Kier molecular flexibility index (Phi) is 19.8. The predicted molar refractivity (Wildman–Crippen MR) is 142 cm³/mol. The highest BCUT2D eigenvalue weighted by Gasteiger charge is 2.47. The first-order valence-electron chi connectivity index (χ1n) is 13.9. The molecule has 1 atom stereocenters. The zero-order valence-electron chi connectivity index (χ0n) is 22.5. The second-order valence-electron chi connectivity index (χ2n) is 10.8. The molecular weight excluding hydrogens is 413 g/mol. The first-order valence-corrected chi connectivity index (χ1v) is 15.1. The molecule has 0 amide bonds. The fraction of sp³-hybridized carbons (Fsp3) is 0.929. The van der Waals surface area contributed by atoms with Crippen LogP contribution in [0.3, 0.4) is 0 Å². The summed E-state index contributed by atoms with van der Waals surface area (Å²) in [7, 11) is 3.65. The maximum Gasteiger partial charge on any atom is 0.378 e. The van der Waals surface area contributed by atoms with Gasteiger partial charge < -0.3 is 4.48 Å². The first kappa shape index (κ1) is 31.6. The molecule has 0 bridgehead atoms. The van der Waals surface area contributed by atoms with Crippen molar-refractivity contribution in [3.05, 3.63) is 12.2 Å². The lowest BCUT2D eigenvalue weighted by molar-refractivity contribution is -0.908. The molecule has 3 nitrogen and oxygen atoms in total. The van der Waals surface area contributed by atoms with E-state index in [1.54, 1.807) is 0 Å². The quantitative estimate of drug-likeness (QED) is 0.0644. The maximum atomic E-state index is 12.1. The minimum atomic E-state index is -2.43. The summed E-state index contributed by atoms with van der Waals surface area (Å²) in [5.74, 6) is 0. The summed E-state index contributed by atoms with van der Waals surface area (Å²) in [4.78, 5) is 0. The molecule has 0 aromatic heterocycles. The Hall–Kier alpha value is -0.400. The van der Waals surface area contributed by atoms with E-state index in [-0.39, 0.29) is 0 Å². The molecule has 0 N–H and O–H groups in total. The third kappa shape index (κ3) is 14.7. The van der Waals surface area contributed by atoms with Crippen LogP contribution < -0.4 is 0 Å². The summed E-state index contributed by atoms with van der Waals surface area (Å²) in [5, 5.41) is -0.603. The molecule has 0 aliphatic heterocycles. The highest BCUT2D eigenvalue weighted by atomic mass is 31.1. The second-order valence-corrected chi connectivity index (χ2v) is 12.1. The molecule has 0 aromatic rings. The smallest absolute Gasteiger partial charge is 0.314 e. The van der Waals surface area contributed by atoms with Crippen LogP contribution in [0.25, 0.3) is 0 Å². The van der Waals surface area contributed by atoms with Crippen molar-refractivity contribution in [2.45, 2.75) is 148 Å². The fourth-order valence-corrected chi connectivity index (χ4v) is 6.05. The highest BCUT2D eigenvalue weighted by Crippen LogP contribution is 2.44. The fourth-order valence-electron chi connectivity index (χ4n) is 4.81. The van der Waals surface area contributed by atoms with Gasteiger partial charge in [0.15, 0.2) is 0 Å². The van der Waals surface area contributed by atoms with Crippen LogP contribution >= 0.6 is 7.68 Å². The van der Waals surface area contributed by atoms with E-state index in [2.05, 4.69) is 26.0 Å². The summed E-state index contributed by atoms with van der Waals surface area (Å²) in [6.45, 7) is 4.37. The summed E-state index contributed by atoms with van der Waals surface area (Å²) < 4.78 is 24.7. The average molecular weight is 471 g/mol. The monoisotopic (exact) mass is 470 g/mol. The van der Waals surface area contributed by atoms with Crippen molar-refractivity contribution in [2.24, 2.45) is 0 Å². The van der Waals surface area contributed by atoms with Crippen LogP contribution in [0.15, 0.2) is 12.2 Å². The number of allylic oxidation sites excluding steroid dienone is 2. The van der Waals surface area contributed by atoms with E-state index in [0.29, 0.717) is 4.48 Å². The molecule has 190 valence electrons. The number of unbranched alkanes of at least 4 members (excludes halogenated alkanes) is 15. The van der Waals surface area contributed by atoms with Crippen molar-refractivity contribution < 1.29 is 13.6 Å². The van der Waals surface area contributed by atoms with E-state index < -0.39 is 13.0 Å². The molecule has 0 aromatic carbocycles. The van der Waals surface area contributed by atoms with Gasteiger partial charge >= 0.3 is 7.68 Å². The first-order chi connectivity index (χ1) is 15.3. The topological polar surface area (TPSA) is 34.1 Å². The van der Waals surface area contributed by atoms with Crippen LogP contribution in [-0.2, 0) is 9.13 Å². The molecule has 0 saturated heterocycles. The van der Waals surface area contributed by atoms with E-state index in [4.69, 9.17) is 0 Å².